The van der Waals surface area contributed by atoms with Gasteiger partial charge in [-0.1, -0.05) is 102 Å². The Hall–Kier alpha value is -3.58. The van der Waals surface area contributed by atoms with E-state index in [1.54, 1.807) is 0 Å². The molecule has 4 aromatic carbocycles. The van der Waals surface area contributed by atoms with Crippen molar-refractivity contribution in [1.29, 1.82) is 0 Å². The van der Waals surface area contributed by atoms with Gasteiger partial charge in [0, 0.05) is 17.7 Å². The number of benzene rings is 4. The van der Waals surface area contributed by atoms with Crippen molar-refractivity contribution in [2.75, 3.05) is 11.9 Å². The number of hydrogen-bond donors (Lipinski definition) is 1. The number of rotatable bonds is 3. The Morgan fingerprint density at radius 2 is 1.13 bits per heavy atom. The summed E-state index contributed by atoms with van der Waals surface area (Å²) in [6, 6.07) is 32.8. The topological polar surface area (TPSA) is 12.0 Å². The Morgan fingerprint density at radius 3 is 1.77 bits per heavy atom. The van der Waals surface area contributed by atoms with Gasteiger partial charge in [0.2, 0.25) is 0 Å². The van der Waals surface area contributed by atoms with Crippen LogP contribution in [0.3, 0.4) is 0 Å². The van der Waals surface area contributed by atoms with Crippen LogP contribution in [0.5, 0.6) is 0 Å². The van der Waals surface area contributed by atoms with Crippen molar-refractivity contribution in [3.63, 3.8) is 0 Å². The highest BCUT2D eigenvalue weighted by Crippen LogP contribution is 2.42. The van der Waals surface area contributed by atoms with Crippen LogP contribution < -0.4 is 5.32 Å². The van der Waals surface area contributed by atoms with Gasteiger partial charge in [-0.05, 0) is 47.8 Å². The Kier molecular flexibility index (Phi) is 4.72. The molecule has 0 aromatic heterocycles. The van der Waals surface area contributed by atoms with Gasteiger partial charge in [0.25, 0.3) is 0 Å². The third kappa shape index (κ3) is 3.44. The first kappa shape index (κ1) is 18.4. The van der Waals surface area contributed by atoms with Gasteiger partial charge in [-0.15, -0.1) is 0 Å². The quantitative estimate of drug-likeness (QED) is 0.381. The minimum Gasteiger partial charge on any atom is -0.380 e. The van der Waals surface area contributed by atoms with E-state index in [9.17, 15) is 0 Å². The van der Waals surface area contributed by atoms with Gasteiger partial charge in [-0.3, -0.25) is 0 Å². The second-order valence-corrected chi connectivity index (χ2v) is 8.07. The molecule has 1 aliphatic rings. The minimum atomic E-state index is 0.827. The molecule has 1 heteroatoms. The molecular weight excluding hydrogens is 362 g/mol. The molecule has 0 amide bonds. The van der Waals surface area contributed by atoms with Gasteiger partial charge in [0.1, 0.15) is 0 Å². The molecule has 0 radical (unpaired) electrons. The van der Waals surface area contributed by atoms with E-state index in [0.717, 1.165) is 6.54 Å². The molecule has 0 atom stereocenters. The summed E-state index contributed by atoms with van der Waals surface area (Å²) >= 11 is 0. The maximum atomic E-state index is 3.75. The summed E-state index contributed by atoms with van der Waals surface area (Å²) < 4.78 is 0. The van der Waals surface area contributed by atoms with E-state index in [1.807, 2.05) is 0 Å². The average Bonchev–Trinajstić information content (AvgIpc) is 2.80. The molecule has 146 valence electrons. The van der Waals surface area contributed by atoms with Crippen LogP contribution in [0.2, 0.25) is 0 Å². The van der Waals surface area contributed by atoms with E-state index in [0.29, 0.717) is 0 Å². The summed E-state index contributed by atoms with van der Waals surface area (Å²) in [4.78, 5) is 0. The van der Waals surface area contributed by atoms with Gasteiger partial charge >= 0.3 is 0 Å². The van der Waals surface area contributed by atoms with Crippen molar-refractivity contribution >= 4 is 17.3 Å². The molecule has 0 spiro atoms. The third-order valence-electron chi connectivity index (χ3n) is 5.89. The van der Waals surface area contributed by atoms with E-state index >= 15 is 0 Å². The number of anilines is 1. The van der Waals surface area contributed by atoms with Crippen LogP contribution in [0.25, 0.3) is 33.9 Å². The SMILES string of the molecule is Cc1ccc(-c2ccc(-c3ccc(C)cc3)c3c2C=C(c2ccccc2)CN3)cc1. The molecule has 1 heterocycles. The fraction of sp³-hybridized carbons (Fsp3) is 0.103. The Morgan fingerprint density at radius 1 is 0.567 bits per heavy atom. The zero-order valence-electron chi connectivity index (χ0n) is 17.4. The van der Waals surface area contributed by atoms with Crippen LogP contribution in [0, 0.1) is 13.8 Å². The highest BCUT2D eigenvalue weighted by molar-refractivity contribution is 6.00. The van der Waals surface area contributed by atoms with Crippen LogP contribution in [-0.2, 0) is 0 Å². The van der Waals surface area contributed by atoms with Crippen molar-refractivity contribution < 1.29 is 0 Å². The molecule has 0 bridgehead atoms. The lowest BCUT2D eigenvalue weighted by atomic mass is 9.88. The van der Waals surface area contributed by atoms with Crippen molar-refractivity contribution in [1.82, 2.24) is 0 Å². The molecule has 0 saturated heterocycles. The second-order valence-electron chi connectivity index (χ2n) is 8.07. The molecule has 0 fully saturated rings. The lowest BCUT2D eigenvalue weighted by Gasteiger charge is -2.25. The van der Waals surface area contributed by atoms with Crippen molar-refractivity contribution in [2.45, 2.75) is 13.8 Å². The van der Waals surface area contributed by atoms with Crippen LogP contribution in [0.1, 0.15) is 22.3 Å². The van der Waals surface area contributed by atoms with Gasteiger partial charge < -0.3 is 5.32 Å². The molecule has 1 nitrogen and oxygen atoms in total. The molecule has 1 N–H and O–H groups in total. The predicted octanol–water partition coefficient (Wildman–Crippen LogP) is 7.60. The monoisotopic (exact) mass is 387 g/mol. The minimum absolute atomic E-state index is 0.827. The Balaban J connectivity index is 1.71. The zero-order chi connectivity index (χ0) is 20.5. The fourth-order valence-electron chi connectivity index (χ4n) is 4.16. The fourth-order valence-corrected chi connectivity index (χ4v) is 4.16. The van der Waals surface area contributed by atoms with Gasteiger partial charge in [0.05, 0.1) is 5.69 Å². The molecule has 0 unspecified atom stereocenters. The van der Waals surface area contributed by atoms with E-state index in [2.05, 4.69) is 116 Å². The average molecular weight is 388 g/mol. The highest BCUT2D eigenvalue weighted by Gasteiger charge is 2.19. The predicted molar refractivity (Wildman–Crippen MR) is 130 cm³/mol. The summed E-state index contributed by atoms with van der Waals surface area (Å²) in [7, 11) is 0. The van der Waals surface area contributed by atoms with Gasteiger partial charge in [-0.2, -0.15) is 0 Å². The lowest BCUT2D eigenvalue weighted by molar-refractivity contribution is 1.31. The summed E-state index contributed by atoms with van der Waals surface area (Å²) in [6.45, 7) is 5.09. The van der Waals surface area contributed by atoms with E-state index < -0.39 is 0 Å². The first-order valence-corrected chi connectivity index (χ1v) is 10.5. The Bertz CT molecular complexity index is 1210. The maximum absolute atomic E-state index is 3.75. The number of aryl methyl sites for hydroxylation is 2. The third-order valence-corrected chi connectivity index (χ3v) is 5.89. The van der Waals surface area contributed by atoms with Gasteiger partial charge in [-0.25, -0.2) is 0 Å². The second kappa shape index (κ2) is 7.68. The number of nitrogens with one attached hydrogen (secondary N) is 1. The summed E-state index contributed by atoms with van der Waals surface area (Å²) in [5.74, 6) is 0. The lowest BCUT2D eigenvalue weighted by Crippen LogP contribution is -2.12. The number of hydrogen-bond acceptors (Lipinski definition) is 1. The molecule has 0 saturated carbocycles. The van der Waals surface area contributed by atoms with E-state index in [-0.39, 0.29) is 0 Å². The van der Waals surface area contributed by atoms with Gasteiger partial charge in [0.15, 0.2) is 0 Å². The normalized spacial score (nSPS) is 12.7. The summed E-state index contributed by atoms with van der Waals surface area (Å²) in [6.07, 6.45) is 2.37. The van der Waals surface area contributed by atoms with Crippen LogP contribution in [0.15, 0.2) is 91.0 Å². The van der Waals surface area contributed by atoms with Crippen LogP contribution >= 0.6 is 0 Å². The molecule has 0 aliphatic carbocycles. The highest BCUT2D eigenvalue weighted by atomic mass is 14.9. The summed E-state index contributed by atoms with van der Waals surface area (Å²) in [5, 5.41) is 3.75. The standard InChI is InChI=1S/C29H25N/c1-20-8-12-23(13-9-20)26-16-17-27(24-14-10-21(2)11-15-24)29-28(26)18-25(19-30-29)22-6-4-3-5-7-22/h3-18,30H,19H2,1-2H3. The largest absolute Gasteiger partial charge is 0.380 e. The summed E-state index contributed by atoms with van der Waals surface area (Å²) in [5.41, 5.74) is 12.6. The van der Waals surface area contributed by atoms with Crippen molar-refractivity contribution in [3.05, 3.63) is 113 Å². The number of fused-ring (bicyclic) bond motifs is 1. The smallest absolute Gasteiger partial charge is 0.0502 e. The molecule has 30 heavy (non-hydrogen) atoms. The first-order valence-electron chi connectivity index (χ1n) is 10.5. The maximum Gasteiger partial charge on any atom is 0.0502 e. The van der Waals surface area contributed by atoms with E-state index in [1.165, 1.54) is 55.8 Å². The zero-order valence-corrected chi connectivity index (χ0v) is 17.4. The Labute approximate surface area is 178 Å². The molecule has 4 aromatic rings. The van der Waals surface area contributed by atoms with Crippen LogP contribution in [-0.4, -0.2) is 6.54 Å². The first-order chi connectivity index (χ1) is 14.7. The molecular formula is C29H25N. The van der Waals surface area contributed by atoms with Crippen LogP contribution in [0.4, 0.5) is 5.69 Å². The van der Waals surface area contributed by atoms with Crippen molar-refractivity contribution in [3.8, 4) is 22.3 Å². The van der Waals surface area contributed by atoms with E-state index in [4.69, 9.17) is 0 Å². The molecule has 1 aliphatic heterocycles. The molecule has 5 rings (SSSR count). The van der Waals surface area contributed by atoms with Crippen molar-refractivity contribution in [2.24, 2.45) is 0 Å².